The number of carbonyl (C=O) groups is 1. The van der Waals surface area contributed by atoms with Crippen LogP contribution < -0.4 is 5.73 Å². The molecular formula is C16H32N2O. The summed E-state index contributed by atoms with van der Waals surface area (Å²) in [6.07, 6.45) is 8.95. The monoisotopic (exact) mass is 268 g/mol. The van der Waals surface area contributed by atoms with E-state index in [1.165, 1.54) is 25.7 Å². The minimum atomic E-state index is 0.366. The van der Waals surface area contributed by atoms with Crippen molar-refractivity contribution in [3.63, 3.8) is 0 Å². The Morgan fingerprint density at radius 1 is 1.26 bits per heavy atom. The van der Waals surface area contributed by atoms with Gasteiger partial charge in [-0.25, -0.2) is 0 Å². The molecule has 1 atom stereocenters. The SMILES string of the molecule is CCCC1CCN(C(=O)CCC(CC)CCN)CC1. The minimum Gasteiger partial charge on any atom is -0.343 e. The summed E-state index contributed by atoms with van der Waals surface area (Å²) < 4.78 is 0. The number of amides is 1. The Labute approximate surface area is 118 Å². The predicted octanol–water partition coefficient (Wildman–Crippen LogP) is 3.18. The summed E-state index contributed by atoms with van der Waals surface area (Å²) in [5, 5.41) is 0. The molecule has 1 aliphatic rings. The molecule has 0 aromatic heterocycles. The Morgan fingerprint density at radius 2 is 1.95 bits per heavy atom. The van der Waals surface area contributed by atoms with E-state index in [1.54, 1.807) is 0 Å². The van der Waals surface area contributed by atoms with Crippen molar-refractivity contribution in [3.8, 4) is 0 Å². The molecule has 1 amide bonds. The van der Waals surface area contributed by atoms with Gasteiger partial charge in [0, 0.05) is 19.5 Å². The standard InChI is InChI=1S/C16H32N2O/c1-3-5-15-9-12-18(13-10-15)16(19)7-6-14(4-2)8-11-17/h14-15H,3-13,17H2,1-2H3. The highest BCUT2D eigenvalue weighted by atomic mass is 16.2. The number of nitrogens with zero attached hydrogens (tertiary/aromatic N) is 1. The Kier molecular flexibility index (Phi) is 8.11. The predicted molar refractivity (Wildman–Crippen MR) is 80.9 cm³/mol. The van der Waals surface area contributed by atoms with Crippen LogP contribution in [0.2, 0.25) is 0 Å². The van der Waals surface area contributed by atoms with Crippen molar-refractivity contribution in [2.45, 2.75) is 65.2 Å². The van der Waals surface area contributed by atoms with Crippen molar-refractivity contribution in [1.29, 1.82) is 0 Å². The van der Waals surface area contributed by atoms with Crippen molar-refractivity contribution >= 4 is 5.91 Å². The van der Waals surface area contributed by atoms with Crippen molar-refractivity contribution < 1.29 is 4.79 Å². The molecule has 0 aliphatic carbocycles. The van der Waals surface area contributed by atoms with E-state index in [-0.39, 0.29) is 0 Å². The summed E-state index contributed by atoms with van der Waals surface area (Å²) in [4.78, 5) is 14.3. The normalized spacial score (nSPS) is 18.6. The van der Waals surface area contributed by atoms with Gasteiger partial charge in [-0.3, -0.25) is 4.79 Å². The number of nitrogens with two attached hydrogens (primary N) is 1. The molecule has 19 heavy (non-hydrogen) atoms. The van der Waals surface area contributed by atoms with E-state index in [2.05, 4.69) is 18.7 Å². The fourth-order valence-corrected chi connectivity index (χ4v) is 3.15. The lowest BCUT2D eigenvalue weighted by molar-refractivity contribution is -0.132. The molecule has 1 saturated heterocycles. The first-order chi connectivity index (χ1) is 9.21. The summed E-state index contributed by atoms with van der Waals surface area (Å²) >= 11 is 0. The van der Waals surface area contributed by atoms with Crippen molar-refractivity contribution in [1.82, 2.24) is 4.90 Å². The molecule has 112 valence electrons. The second-order valence-electron chi connectivity index (χ2n) is 6.00. The van der Waals surface area contributed by atoms with E-state index in [1.807, 2.05) is 0 Å². The molecule has 1 fully saturated rings. The molecule has 0 spiro atoms. The third-order valence-corrected chi connectivity index (χ3v) is 4.58. The Balaban J connectivity index is 2.23. The van der Waals surface area contributed by atoms with Gasteiger partial charge < -0.3 is 10.6 Å². The lowest BCUT2D eigenvalue weighted by atomic mass is 9.92. The summed E-state index contributed by atoms with van der Waals surface area (Å²) in [5.41, 5.74) is 5.60. The highest BCUT2D eigenvalue weighted by Crippen LogP contribution is 2.23. The van der Waals surface area contributed by atoms with Crippen molar-refractivity contribution in [3.05, 3.63) is 0 Å². The molecule has 2 N–H and O–H groups in total. The lowest BCUT2D eigenvalue weighted by Crippen LogP contribution is -2.38. The van der Waals surface area contributed by atoms with Gasteiger partial charge in [-0.15, -0.1) is 0 Å². The van der Waals surface area contributed by atoms with Crippen molar-refractivity contribution in [2.24, 2.45) is 17.6 Å². The van der Waals surface area contributed by atoms with E-state index >= 15 is 0 Å². The largest absolute Gasteiger partial charge is 0.343 e. The molecule has 0 aromatic carbocycles. The zero-order chi connectivity index (χ0) is 14.1. The van der Waals surface area contributed by atoms with Gasteiger partial charge in [0.15, 0.2) is 0 Å². The van der Waals surface area contributed by atoms with Gasteiger partial charge in [0.2, 0.25) is 5.91 Å². The average molecular weight is 268 g/mol. The number of piperidine rings is 1. The molecule has 3 heteroatoms. The summed E-state index contributed by atoms with van der Waals surface area (Å²) in [6, 6.07) is 0. The van der Waals surface area contributed by atoms with Crippen LogP contribution in [0.15, 0.2) is 0 Å². The third-order valence-electron chi connectivity index (χ3n) is 4.58. The van der Waals surface area contributed by atoms with Crippen LogP contribution in [0.4, 0.5) is 0 Å². The van der Waals surface area contributed by atoms with Gasteiger partial charge in [-0.05, 0) is 44.1 Å². The Bertz CT molecular complexity index is 247. The smallest absolute Gasteiger partial charge is 0.222 e. The van der Waals surface area contributed by atoms with Gasteiger partial charge in [0.25, 0.3) is 0 Å². The van der Waals surface area contributed by atoms with Gasteiger partial charge in [0.1, 0.15) is 0 Å². The number of carbonyl (C=O) groups excluding carboxylic acids is 1. The maximum absolute atomic E-state index is 12.2. The number of hydrogen-bond acceptors (Lipinski definition) is 2. The topological polar surface area (TPSA) is 46.3 Å². The first-order valence-electron chi connectivity index (χ1n) is 8.19. The molecule has 3 nitrogen and oxygen atoms in total. The summed E-state index contributed by atoms with van der Waals surface area (Å²) in [6.45, 7) is 7.16. The van der Waals surface area contributed by atoms with E-state index in [0.29, 0.717) is 11.8 Å². The molecule has 1 unspecified atom stereocenters. The van der Waals surface area contributed by atoms with Crippen LogP contribution in [0, 0.1) is 11.8 Å². The van der Waals surface area contributed by atoms with Crippen molar-refractivity contribution in [2.75, 3.05) is 19.6 Å². The maximum Gasteiger partial charge on any atom is 0.222 e. The zero-order valence-electron chi connectivity index (χ0n) is 12.9. The highest BCUT2D eigenvalue weighted by molar-refractivity contribution is 5.76. The zero-order valence-corrected chi connectivity index (χ0v) is 12.9. The van der Waals surface area contributed by atoms with Gasteiger partial charge in [-0.1, -0.05) is 33.1 Å². The first kappa shape index (κ1) is 16.5. The molecule has 0 aromatic rings. The van der Waals surface area contributed by atoms with E-state index in [0.717, 1.165) is 51.2 Å². The molecule has 0 bridgehead atoms. The van der Waals surface area contributed by atoms with Crippen LogP contribution in [-0.2, 0) is 4.79 Å². The van der Waals surface area contributed by atoms with E-state index < -0.39 is 0 Å². The first-order valence-corrected chi connectivity index (χ1v) is 8.19. The molecule has 1 rings (SSSR count). The second-order valence-corrected chi connectivity index (χ2v) is 6.00. The van der Waals surface area contributed by atoms with Crippen LogP contribution in [0.5, 0.6) is 0 Å². The summed E-state index contributed by atoms with van der Waals surface area (Å²) in [7, 11) is 0. The maximum atomic E-state index is 12.2. The Hall–Kier alpha value is -0.570. The molecule has 0 saturated carbocycles. The highest BCUT2D eigenvalue weighted by Gasteiger charge is 2.22. The molecule has 0 radical (unpaired) electrons. The average Bonchev–Trinajstić information content (AvgIpc) is 2.44. The van der Waals surface area contributed by atoms with Crippen LogP contribution >= 0.6 is 0 Å². The Morgan fingerprint density at radius 3 is 2.47 bits per heavy atom. The molecular weight excluding hydrogens is 236 g/mol. The van der Waals surface area contributed by atoms with Crippen LogP contribution in [0.3, 0.4) is 0 Å². The molecule has 1 aliphatic heterocycles. The van der Waals surface area contributed by atoms with Crippen LogP contribution in [-0.4, -0.2) is 30.4 Å². The summed E-state index contributed by atoms with van der Waals surface area (Å²) in [5.74, 6) is 1.85. The van der Waals surface area contributed by atoms with E-state index in [9.17, 15) is 4.79 Å². The number of rotatable bonds is 8. The number of likely N-dealkylation sites (tertiary alicyclic amines) is 1. The lowest BCUT2D eigenvalue weighted by Gasteiger charge is -2.32. The third kappa shape index (κ3) is 5.94. The van der Waals surface area contributed by atoms with Gasteiger partial charge in [-0.2, -0.15) is 0 Å². The quantitative estimate of drug-likeness (QED) is 0.735. The van der Waals surface area contributed by atoms with Crippen LogP contribution in [0.25, 0.3) is 0 Å². The van der Waals surface area contributed by atoms with Crippen LogP contribution in [0.1, 0.15) is 65.2 Å². The second kappa shape index (κ2) is 9.35. The number of hydrogen-bond donors (Lipinski definition) is 1. The fourth-order valence-electron chi connectivity index (χ4n) is 3.15. The fraction of sp³-hybridized carbons (Fsp3) is 0.938. The van der Waals surface area contributed by atoms with Gasteiger partial charge >= 0.3 is 0 Å². The molecule has 1 heterocycles. The van der Waals surface area contributed by atoms with E-state index in [4.69, 9.17) is 5.73 Å². The minimum absolute atomic E-state index is 0.366. The van der Waals surface area contributed by atoms with Gasteiger partial charge in [0.05, 0.1) is 0 Å².